The molecule has 0 radical (unpaired) electrons. The zero-order chi connectivity index (χ0) is 13.2. The molecule has 0 aliphatic rings. The average Bonchev–Trinajstić information content (AvgIpc) is 2.81. The minimum Gasteiger partial charge on any atom is -0.380 e. The highest BCUT2D eigenvalue weighted by atomic mass is 35.5. The van der Waals surface area contributed by atoms with Gasteiger partial charge in [0.05, 0.1) is 10.7 Å². The summed E-state index contributed by atoms with van der Waals surface area (Å²) in [5.41, 5.74) is 1.97. The van der Waals surface area contributed by atoms with Crippen LogP contribution in [0, 0.1) is 5.82 Å². The third-order valence-electron chi connectivity index (χ3n) is 2.96. The first-order chi connectivity index (χ1) is 9.24. The van der Waals surface area contributed by atoms with E-state index in [1.807, 2.05) is 12.1 Å². The van der Waals surface area contributed by atoms with E-state index in [1.165, 1.54) is 27.8 Å². The molecule has 1 heterocycles. The fraction of sp³-hybridized carbons (Fsp3) is 0.0667. The van der Waals surface area contributed by atoms with Crippen molar-refractivity contribution in [2.75, 3.05) is 5.32 Å². The van der Waals surface area contributed by atoms with E-state index in [-0.39, 0.29) is 5.82 Å². The predicted molar refractivity (Wildman–Crippen MR) is 80.6 cm³/mol. The van der Waals surface area contributed by atoms with Crippen LogP contribution in [0.1, 0.15) is 5.56 Å². The number of nitrogens with one attached hydrogen (secondary N) is 1. The quantitative estimate of drug-likeness (QED) is 0.690. The van der Waals surface area contributed by atoms with Gasteiger partial charge < -0.3 is 5.32 Å². The SMILES string of the molecule is Fc1ccc(NCc2csc3ccccc23)c(Cl)c1. The summed E-state index contributed by atoms with van der Waals surface area (Å²) in [6.45, 7) is 0.676. The van der Waals surface area contributed by atoms with Gasteiger partial charge in [-0.2, -0.15) is 0 Å². The number of halogens is 2. The molecule has 3 aromatic rings. The second-order valence-corrected chi connectivity index (χ2v) is 5.55. The molecule has 0 aliphatic heterocycles. The second kappa shape index (κ2) is 5.19. The smallest absolute Gasteiger partial charge is 0.124 e. The van der Waals surface area contributed by atoms with Crippen LogP contribution in [0.3, 0.4) is 0 Å². The summed E-state index contributed by atoms with van der Waals surface area (Å²) in [4.78, 5) is 0. The Hall–Kier alpha value is -1.58. The zero-order valence-electron chi connectivity index (χ0n) is 9.99. The molecule has 4 heteroatoms. The van der Waals surface area contributed by atoms with Crippen molar-refractivity contribution in [1.82, 2.24) is 0 Å². The highest BCUT2D eigenvalue weighted by Gasteiger charge is 2.05. The molecule has 0 atom stereocenters. The lowest BCUT2D eigenvalue weighted by Crippen LogP contribution is -1.99. The van der Waals surface area contributed by atoms with Crippen molar-refractivity contribution in [2.45, 2.75) is 6.54 Å². The van der Waals surface area contributed by atoms with Crippen molar-refractivity contribution in [2.24, 2.45) is 0 Å². The Morgan fingerprint density at radius 3 is 2.84 bits per heavy atom. The predicted octanol–water partition coefficient (Wildman–Crippen LogP) is 5.31. The van der Waals surface area contributed by atoms with Gasteiger partial charge >= 0.3 is 0 Å². The molecule has 0 saturated carbocycles. The Balaban J connectivity index is 1.82. The maximum absolute atomic E-state index is 13.0. The van der Waals surface area contributed by atoms with Gasteiger partial charge in [0.25, 0.3) is 0 Å². The summed E-state index contributed by atoms with van der Waals surface area (Å²) >= 11 is 7.71. The van der Waals surface area contributed by atoms with E-state index in [1.54, 1.807) is 17.4 Å². The maximum atomic E-state index is 13.0. The van der Waals surface area contributed by atoms with E-state index in [0.29, 0.717) is 11.6 Å². The molecular formula is C15H11ClFNS. The van der Waals surface area contributed by atoms with Crippen molar-refractivity contribution in [3.05, 3.63) is 64.2 Å². The molecule has 0 spiro atoms. The summed E-state index contributed by atoms with van der Waals surface area (Å²) in [5, 5.41) is 7.03. The second-order valence-electron chi connectivity index (χ2n) is 4.23. The lowest BCUT2D eigenvalue weighted by molar-refractivity contribution is 0.628. The van der Waals surface area contributed by atoms with Crippen LogP contribution >= 0.6 is 22.9 Å². The Bertz CT molecular complexity index is 723. The zero-order valence-corrected chi connectivity index (χ0v) is 11.6. The maximum Gasteiger partial charge on any atom is 0.124 e. The molecule has 0 aliphatic carbocycles. The van der Waals surface area contributed by atoms with Crippen LogP contribution in [-0.2, 0) is 6.54 Å². The van der Waals surface area contributed by atoms with Crippen LogP contribution in [0.15, 0.2) is 47.8 Å². The highest BCUT2D eigenvalue weighted by Crippen LogP contribution is 2.28. The molecule has 1 nitrogen and oxygen atoms in total. The van der Waals surface area contributed by atoms with Crippen molar-refractivity contribution in [1.29, 1.82) is 0 Å². The van der Waals surface area contributed by atoms with Gasteiger partial charge in [-0.15, -0.1) is 11.3 Å². The van der Waals surface area contributed by atoms with Gasteiger partial charge in [-0.25, -0.2) is 4.39 Å². The Labute approximate surface area is 119 Å². The number of hydrogen-bond acceptors (Lipinski definition) is 2. The summed E-state index contributed by atoms with van der Waals surface area (Å²) in [5.74, 6) is -0.323. The first kappa shape index (κ1) is 12.5. The van der Waals surface area contributed by atoms with Crippen LogP contribution in [0.2, 0.25) is 5.02 Å². The topological polar surface area (TPSA) is 12.0 Å². The largest absolute Gasteiger partial charge is 0.380 e. The van der Waals surface area contributed by atoms with Crippen molar-refractivity contribution in [3.63, 3.8) is 0 Å². The molecule has 19 heavy (non-hydrogen) atoms. The number of fused-ring (bicyclic) bond motifs is 1. The van der Waals surface area contributed by atoms with Gasteiger partial charge in [-0.3, -0.25) is 0 Å². The van der Waals surface area contributed by atoms with Crippen molar-refractivity contribution < 1.29 is 4.39 Å². The number of thiophene rings is 1. The van der Waals surface area contributed by atoms with E-state index < -0.39 is 0 Å². The van der Waals surface area contributed by atoms with Crippen LogP contribution in [0.25, 0.3) is 10.1 Å². The molecule has 2 aromatic carbocycles. The number of rotatable bonds is 3. The molecule has 96 valence electrons. The van der Waals surface area contributed by atoms with E-state index in [4.69, 9.17) is 11.6 Å². The minimum atomic E-state index is -0.323. The number of anilines is 1. The molecule has 0 amide bonds. The van der Waals surface area contributed by atoms with Gasteiger partial charge in [0.2, 0.25) is 0 Å². The fourth-order valence-electron chi connectivity index (χ4n) is 1.99. The van der Waals surface area contributed by atoms with E-state index in [9.17, 15) is 4.39 Å². The van der Waals surface area contributed by atoms with E-state index >= 15 is 0 Å². The third kappa shape index (κ3) is 2.57. The lowest BCUT2D eigenvalue weighted by atomic mass is 10.2. The molecule has 1 aromatic heterocycles. The third-order valence-corrected chi connectivity index (χ3v) is 4.29. The number of hydrogen-bond donors (Lipinski definition) is 1. The van der Waals surface area contributed by atoms with Crippen LogP contribution in [0.4, 0.5) is 10.1 Å². The van der Waals surface area contributed by atoms with Gasteiger partial charge in [0, 0.05) is 11.2 Å². The molecule has 0 fully saturated rings. The molecule has 3 rings (SSSR count). The highest BCUT2D eigenvalue weighted by molar-refractivity contribution is 7.17. The van der Waals surface area contributed by atoms with Gasteiger partial charge in [0.15, 0.2) is 0 Å². The standard InChI is InChI=1S/C15H11ClFNS/c16-13-7-11(17)5-6-14(13)18-8-10-9-19-15-4-2-1-3-12(10)15/h1-7,9,18H,8H2. The Morgan fingerprint density at radius 2 is 2.00 bits per heavy atom. The van der Waals surface area contributed by atoms with Gasteiger partial charge in [-0.05, 0) is 40.6 Å². The van der Waals surface area contributed by atoms with Crippen LogP contribution in [0.5, 0.6) is 0 Å². The van der Waals surface area contributed by atoms with Gasteiger partial charge in [0.1, 0.15) is 5.82 Å². The summed E-state index contributed by atoms with van der Waals surface area (Å²) in [6.07, 6.45) is 0. The molecule has 0 saturated heterocycles. The van der Waals surface area contributed by atoms with Crippen molar-refractivity contribution in [3.8, 4) is 0 Å². The molecule has 0 bridgehead atoms. The molecular weight excluding hydrogens is 281 g/mol. The Morgan fingerprint density at radius 1 is 1.16 bits per heavy atom. The number of benzene rings is 2. The van der Waals surface area contributed by atoms with Crippen LogP contribution < -0.4 is 5.32 Å². The molecule has 1 N–H and O–H groups in total. The van der Waals surface area contributed by atoms with E-state index in [0.717, 1.165) is 5.69 Å². The average molecular weight is 292 g/mol. The first-order valence-electron chi connectivity index (χ1n) is 5.88. The van der Waals surface area contributed by atoms with Crippen LogP contribution in [-0.4, -0.2) is 0 Å². The molecule has 0 unspecified atom stereocenters. The van der Waals surface area contributed by atoms with Gasteiger partial charge in [-0.1, -0.05) is 29.8 Å². The first-order valence-corrected chi connectivity index (χ1v) is 7.14. The summed E-state index contributed by atoms with van der Waals surface area (Å²) < 4.78 is 14.2. The van der Waals surface area contributed by atoms with E-state index in [2.05, 4.69) is 22.8 Å². The lowest BCUT2D eigenvalue weighted by Gasteiger charge is -2.07. The summed E-state index contributed by atoms with van der Waals surface area (Å²) in [7, 11) is 0. The fourth-order valence-corrected chi connectivity index (χ4v) is 3.19. The summed E-state index contributed by atoms with van der Waals surface area (Å²) in [6, 6.07) is 12.7. The minimum absolute atomic E-state index is 0.323. The van der Waals surface area contributed by atoms with Crippen molar-refractivity contribution >= 4 is 38.7 Å². The normalized spacial score (nSPS) is 10.8. The Kier molecular flexibility index (Phi) is 3.40. The monoisotopic (exact) mass is 291 g/mol.